The number of rotatable bonds is 3. The van der Waals surface area contributed by atoms with Gasteiger partial charge >= 0.3 is 0 Å². The van der Waals surface area contributed by atoms with E-state index in [1.165, 1.54) is 45.3 Å². The van der Waals surface area contributed by atoms with Gasteiger partial charge in [0.1, 0.15) is 0 Å². The maximum atomic E-state index is 3.60. The van der Waals surface area contributed by atoms with Crippen LogP contribution in [0.4, 0.5) is 0 Å². The zero-order chi connectivity index (χ0) is 11.5. The van der Waals surface area contributed by atoms with Crippen LogP contribution < -0.4 is 5.32 Å². The first-order chi connectivity index (χ1) is 7.69. The van der Waals surface area contributed by atoms with Crippen LogP contribution in [-0.4, -0.2) is 36.6 Å². The molecule has 2 nitrogen and oxygen atoms in total. The van der Waals surface area contributed by atoms with Crippen molar-refractivity contribution in [2.75, 3.05) is 19.6 Å². The summed E-state index contributed by atoms with van der Waals surface area (Å²) in [4.78, 5) is 2.75. The minimum Gasteiger partial charge on any atom is -0.311 e. The van der Waals surface area contributed by atoms with E-state index in [0.717, 1.165) is 17.9 Å². The van der Waals surface area contributed by atoms with Gasteiger partial charge in [-0.2, -0.15) is 0 Å². The minimum absolute atomic E-state index is 0.682. The van der Waals surface area contributed by atoms with Crippen LogP contribution in [0.25, 0.3) is 0 Å². The molecule has 1 saturated carbocycles. The monoisotopic (exact) mass is 224 g/mol. The van der Waals surface area contributed by atoms with Gasteiger partial charge in [0.05, 0.1) is 0 Å². The van der Waals surface area contributed by atoms with Crippen molar-refractivity contribution in [1.29, 1.82) is 0 Å². The van der Waals surface area contributed by atoms with Crippen molar-refractivity contribution < 1.29 is 0 Å². The first-order valence-electron chi connectivity index (χ1n) is 7.16. The summed E-state index contributed by atoms with van der Waals surface area (Å²) < 4.78 is 0. The molecule has 0 spiro atoms. The molecule has 2 heteroatoms. The second kappa shape index (κ2) is 5.50. The molecule has 4 atom stereocenters. The van der Waals surface area contributed by atoms with Crippen LogP contribution in [-0.2, 0) is 0 Å². The zero-order valence-corrected chi connectivity index (χ0v) is 11.2. The molecule has 0 amide bonds. The lowest BCUT2D eigenvalue weighted by Gasteiger charge is -2.40. The highest BCUT2D eigenvalue weighted by molar-refractivity contribution is 4.86. The average Bonchev–Trinajstić information content (AvgIpc) is 2.64. The molecule has 0 bridgehead atoms. The van der Waals surface area contributed by atoms with Gasteiger partial charge in [0.15, 0.2) is 0 Å². The van der Waals surface area contributed by atoms with Crippen molar-refractivity contribution in [2.45, 2.75) is 58.5 Å². The van der Waals surface area contributed by atoms with E-state index in [-0.39, 0.29) is 0 Å². The summed E-state index contributed by atoms with van der Waals surface area (Å²) in [5, 5.41) is 3.60. The molecular formula is C14H28N2. The lowest BCUT2D eigenvalue weighted by atomic mass is 10.0. The van der Waals surface area contributed by atoms with Crippen molar-refractivity contribution in [2.24, 2.45) is 11.8 Å². The van der Waals surface area contributed by atoms with Gasteiger partial charge < -0.3 is 5.32 Å². The van der Waals surface area contributed by atoms with Crippen LogP contribution >= 0.6 is 0 Å². The molecule has 4 unspecified atom stereocenters. The summed E-state index contributed by atoms with van der Waals surface area (Å²) in [6.07, 6.45) is 5.69. The molecule has 0 radical (unpaired) electrons. The van der Waals surface area contributed by atoms with E-state index in [9.17, 15) is 0 Å². The highest BCUT2D eigenvalue weighted by Gasteiger charge is 2.29. The molecule has 0 aromatic rings. The molecule has 2 aliphatic rings. The summed E-state index contributed by atoms with van der Waals surface area (Å²) >= 11 is 0. The SMILES string of the molecule is CCC1CNC(C)CN1CC1CCC(C)C1. The lowest BCUT2D eigenvalue weighted by molar-refractivity contribution is 0.111. The Morgan fingerprint density at radius 3 is 2.69 bits per heavy atom. The van der Waals surface area contributed by atoms with Gasteiger partial charge in [0.25, 0.3) is 0 Å². The number of nitrogens with zero attached hydrogens (tertiary/aromatic N) is 1. The smallest absolute Gasteiger partial charge is 0.0218 e. The average molecular weight is 224 g/mol. The summed E-state index contributed by atoms with van der Waals surface area (Å²) in [6, 6.07) is 1.47. The van der Waals surface area contributed by atoms with Crippen molar-refractivity contribution in [1.82, 2.24) is 10.2 Å². The van der Waals surface area contributed by atoms with Crippen LogP contribution in [0.5, 0.6) is 0 Å². The topological polar surface area (TPSA) is 15.3 Å². The molecule has 0 aromatic heterocycles. The van der Waals surface area contributed by atoms with Gasteiger partial charge in [-0.1, -0.05) is 20.3 Å². The molecule has 16 heavy (non-hydrogen) atoms. The Bertz CT molecular complexity index is 217. The predicted molar refractivity (Wildman–Crippen MR) is 69.6 cm³/mol. The van der Waals surface area contributed by atoms with Crippen LogP contribution in [0, 0.1) is 11.8 Å². The first-order valence-corrected chi connectivity index (χ1v) is 7.16. The highest BCUT2D eigenvalue weighted by Crippen LogP contribution is 2.31. The van der Waals surface area contributed by atoms with Crippen LogP contribution in [0.2, 0.25) is 0 Å². The molecule has 1 aliphatic heterocycles. The Labute approximate surface area is 101 Å². The van der Waals surface area contributed by atoms with E-state index >= 15 is 0 Å². The summed E-state index contributed by atoms with van der Waals surface area (Å²) in [6.45, 7) is 10.9. The number of nitrogens with one attached hydrogen (secondary N) is 1. The maximum absolute atomic E-state index is 3.60. The minimum atomic E-state index is 0.682. The second-order valence-corrected chi connectivity index (χ2v) is 6.11. The lowest BCUT2D eigenvalue weighted by Crippen LogP contribution is -2.56. The van der Waals surface area contributed by atoms with Crippen LogP contribution in [0.15, 0.2) is 0 Å². The molecule has 94 valence electrons. The number of piperazine rings is 1. The molecule has 1 saturated heterocycles. The summed E-state index contributed by atoms with van der Waals surface area (Å²) in [5.74, 6) is 1.96. The van der Waals surface area contributed by atoms with E-state index < -0.39 is 0 Å². The maximum Gasteiger partial charge on any atom is 0.0218 e. The summed E-state index contributed by atoms with van der Waals surface area (Å²) in [7, 11) is 0. The third-order valence-corrected chi connectivity index (χ3v) is 4.49. The largest absolute Gasteiger partial charge is 0.311 e. The molecule has 1 heterocycles. The Balaban J connectivity index is 1.85. The van der Waals surface area contributed by atoms with E-state index in [4.69, 9.17) is 0 Å². The Hall–Kier alpha value is -0.0800. The third-order valence-electron chi connectivity index (χ3n) is 4.49. The fourth-order valence-electron chi connectivity index (χ4n) is 3.48. The van der Waals surface area contributed by atoms with E-state index in [1.54, 1.807) is 0 Å². The second-order valence-electron chi connectivity index (χ2n) is 6.11. The first kappa shape index (κ1) is 12.4. The van der Waals surface area contributed by atoms with Gasteiger partial charge in [0, 0.05) is 31.7 Å². The quantitative estimate of drug-likeness (QED) is 0.792. The normalized spacial score (nSPS) is 41.4. The van der Waals surface area contributed by atoms with Gasteiger partial charge in [-0.15, -0.1) is 0 Å². The molecule has 1 aliphatic carbocycles. The summed E-state index contributed by atoms with van der Waals surface area (Å²) in [5.41, 5.74) is 0. The van der Waals surface area contributed by atoms with Crippen LogP contribution in [0.3, 0.4) is 0 Å². The fourth-order valence-corrected chi connectivity index (χ4v) is 3.48. The van der Waals surface area contributed by atoms with Gasteiger partial charge in [0.2, 0.25) is 0 Å². The Morgan fingerprint density at radius 2 is 2.06 bits per heavy atom. The van der Waals surface area contributed by atoms with Gasteiger partial charge in [-0.05, 0) is 38.0 Å². The molecular weight excluding hydrogens is 196 g/mol. The van der Waals surface area contributed by atoms with Crippen molar-refractivity contribution in [3.05, 3.63) is 0 Å². The molecule has 2 rings (SSSR count). The van der Waals surface area contributed by atoms with Crippen molar-refractivity contribution >= 4 is 0 Å². The van der Waals surface area contributed by atoms with E-state index in [1.807, 2.05) is 0 Å². The third kappa shape index (κ3) is 2.98. The van der Waals surface area contributed by atoms with Gasteiger partial charge in [-0.25, -0.2) is 0 Å². The molecule has 0 aromatic carbocycles. The highest BCUT2D eigenvalue weighted by atomic mass is 15.2. The Morgan fingerprint density at radius 1 is 1.25 bits per heavy atom. The van der Waals surface area contributed by atoms with E-state index in [2.05, 4.69) is 31.0 Å². The number of hydrogen-bond acceptors (Lipinski definition) is 2. The van der Waals surface area contributed by atoms with Crippen molar-refractivity contribution in [3.8, 4) is 0 Å². The standard InChI is InChI=1S/C14H28N2/c1-4-14-8-15-12(3)9-16(14)10-13-6-5-11(2)7-13/h11-15H,4-10H2,1-3H3. The Kier molecular flexibility index (Phi) is 4.26. The molecule has 1 N–H and O–H groups in total. The fraction of sp³-hybridized carbons (Fsp3) is 1.00. The van der Waals surface area contributed by atoms with Gasteiger partial charge in [-0.3, -0.25) is 4.90 Å². The van der Waals surface area contributed by atoms with Crippen molar-refractivity contribution in [3.63, 3.8) is 0 Å². The zero-order valence-electron chi connectivity index (χ0n) is 11.2. The predicted octanol–water partition coefficient (Wildman–Crippen LogP) is 2.49. The number of hydrogen-bond donors (Lipinski definition) is 1. The van der Waals surface area contributed by atoms with E-state index in [0.29, 0.717) is 6.04 Å². The molecule has 2 fully saturated rings. The van der Waals surface area contributed by atoms with Crippen LogP contribution in [0.1, 0.15) is 46.5 Å².